The van der Waals surface area contributed by atoms with E-state index in [-0.39, 0.29) is 17.2 Å². The lowest BCUT2D eigenvalue weighted by Crippen LogP contribution is -2.48. The van der Waals surface area contributed by atoms with E-state index in [1.165, 1.54) is 19.4 Å². The van der Waals surface area contributed by atoms with Crippen molar-refractivity contribution in [1.82, 2.24) is 4.90 Å². The number of hydrogen-bond donors (Lipinski definition) is 1. The first kappa shape index (κ1) is 14.3. The first-order valence-electron chi connectivity index (χ1n) is 7.44. The summed E-state index contributed by atoms with van der Waals surface area (Å²) in [7, 11) is 0. The maximum Gasteiger partial charge on any atom is 0.0788 e. The molecule has 1 aliphatic heterocycles. The lowest BCUT2D eigenvalue weighted by molar-refractivity contribution is -0.0784. The van der Waals surface area contributed by atoms with Gasteiger partial charge < -0.3 is 15.4 Å². The van der Waals surface area contributed by atoms with Crippen LogP contribution in [0.15, 0.2) is 0 Å². The fourth-order valence-corrected chi connectivity index (χ4v) is 3.35. The van der Waals surface area contributed by atoms with E-state index in [0.717, 1.165) is 19.0 Å². The molecule has 0 amide bonds. The van der Waals surface area contributed by atoms with Gasteiger partial charge in [0.1, 0.15) is 0 Å². The van der Waals surface area contributed by atoms with E-state index in [1.807, 2.05) is 0 Å². The Labute approximate surface area is 112 Å². The number of nitrogens with two attached hydrogens (primary N) is 1. The molecule has 1 aliphatic carbocycles. The fourth-order valence-electron chi connectivity index (χ4n) is 3.35. The van der Waals surface area contributed by atoms with Crippen LogP contribution in [0.4, 0.5) is 0 Å². The summed E-state index contributed by atoms with van der Waals surface area (Å²) in [6, 6.07) is 0.126. The van der Waals surface area contributed by atoms with E-state index >= 15 is 0 Å². The second kappa shape index (κ2) is 4.77. The minimum absolute atomic E-state index is 0.111. The molecule has 3 nitrogen and oxygen atoms in total. The van der Waals surface area contributed by atoms with Crippen LogP contribution >= 0.6 is 0 Å². The molecule has 0 aromatic rings. The third-order valence-corrected chi connectivity index (χ3v) is 4.77. The quantitative estimate of drug-likeness (QED) is 0.818. The largest absolute Gasteiger partial charge is 0.368 e. The third kappa shape index (κ3) is 2.89. The van der Waals surface area contributed by atoms with Crippen molar-refractivity contribution in [2.24, 2.45) is 17.6 Å². The lowest BCUT2D eigenvalue weighted by Gasteiger charge is -2.32. The maximum absolute atomic E-state index is 6.43. The topological polar surface area (TPSA) is 38.5 Å². The fraction of sp³-hybridized carbons (Fsp3) is 1.00. The Morgan fingerprint density at radius 3 is 2.11 bits per heavy atom. The van der Waals surface area contributed by atoms with Crippen molar-refractivity contribution in [3.05, 3.63) is 0 Å². The summed E-state index contributed by atoms with van der Waals surface area (Å²) in [5.41, 5.74) is 6.12. The molecule has 0 radical (unpaired) electrons. The van der Waals surface area contributed by atoms with E-state index in [9.17, 15) is 0 Å². The van der Waals surface area contributed by atoms with E-state index in [1.54, 1.807) is 0 Å². The molecular formula is C15H30N2O. The van der Waals surface area contributed by atoms with Crippen molar-refractivity contribution >= 4 is 0 Å². The van der Waals surface area contributed by atoms with E-state index in [2.05, 4.69) is 39.5 Å². The Morgan fingerprint density at radius 2 is 1.72 bits per heavy atom. The van der Waals surface area contributed by atoms with Gasteiger partial charge in [-0.2, -0.15) is 0 Å². The molecule has 106 valence electrons. The van der Waals surface area contributed by atoms with Crippen molar-refractivity contribution in [1.29, 1.82) is 0 Å². The van der Waals surface area contributed by atoms with Crippen molar-refractivity contribution in [2.45, 2.75) is 64.7 Å². The average molecular weight is 254 g/mol. The Morgan fingerprint density at radius 1 is 1.11 bits per heavy atom. The molecule has 18 heavy (non-hydrogen) atoms. The third-order valence-electron chi connectivity index (χ3n) is 4.77. The van der Waals surface area contributed by atoms with Gasteiger partial charge in [-0.3, -0.25) is 0 Å². The van der Waals surface area contributed by atoms with Crippen molar-refractivity contribution in [2.75, 3.05) is 19.6 Å². The molecule has 0 aromatic heterocycles. The molecular weight excluding hydrogens is 224 g/mol. The first-order chi connectivity index (χ1) is 8.26. The van der Waals surface area contributed by atoms with Gasteiger partial charge in [-0.25, -0.2) is 0 Å². The predicted octanol–water partition coefficient (Wildman–Crippen LogP) is 2.25. The van der Waals surface area contributed by atoms with Gasteiger partial charge in [0, 0.05) is 25.0 Å². The van der Waals surface area contributed by atoms with Crippen LogP contribution in [0.25, 0.3) is 0 Å². The molecule has 2 atom stereocenters. The van der Waals surface area contributed by atoms with E-state index < -0.39 is 0 Å². The standard InChI is InChI=1S/C15H30N2O/c1-6-17(9-11-7-8-11)10-12-13(16)15(4,5)18-14(12,2)3/h11-13H,6-10,16H2,1-5H3. The molecule has 2 N–H and O–H groups in total. The highest BCUT2D eigenvalue weighted by atomic mass is 16.5. The molecule has 2 aliphatic rings. The van der Waals surface area contributed by atoms with Crippen molar-refractivity contribution < 1.29 is 4.74 Å². The molecule has 1 saturated carbocycles. The molecule has 0 aromatic carbocycles. The molecule has 2 unspecified atom stereocenters. The Hall–Kier alpha value is -0.120. The van der Waals surface area contributed by atoms with Crippen LogP contribution in [-0.4, -0.2) is 41.8 Å². The number of rotatable bonds is 5. The summed E-state index contributed by atoms with van der Waals surface area (Å²) < 4.78 is 6.18. The smallest absolute Gasteiger partial charge is 0.0788 e. The monoisotopic (exact) mass is 254 g/mol. The summed E-state index contributed by atoms with van der Waals surface area (Å²) in [5, 5.41) is 0. The maximum atomic E-state index is 6.43. The minimum atomic E-state index is -0.201. The zero-order chi connectivity index (χ0) is 13.6. The summed E-state index contributed by atoms with van der Waals surface area (Å²) >= 11 is 0. The lowest BCUT2D eigenvalue weighted by atomic mass is 9.82. The van der Waals surface area contributed by atoms with Crippen LogP contribution in [0.5, 0.6) is 0 Å². The molecule has 1 saturated heterocycles. The van der Waals surface area contributed by atoms with Gasteiger partial charge in [-0.15, -0.1) is 0 Å². The molecule has 0 bridgehead atoms. The van der Waals surface area contributed by atoms with Crippen LogP contribution in [-0.2, 0) is 4.74 Å². The predicted molar refractivity (Wildman–Crippen MR) is 75.5 cm³/mol. The van der Waals surface area contributed by atoms with Gasteiger partial charge in [-0.05, 0) is 53.0 Å². The van der Waals surface area contributed by atoms with Gasteiger partial charge in [0.2, 0.25) is 0 Å². The number of ether oxygens (including phenoxy) is 1. The average Bonchev–Trinajstić information content (AvgIpc) is 3.02. The van der Waals surface area contributed by atoms with Gasteiger partial charge in [0.25, 0.3) is 0 Å². The Balaban J connectivity index is 2.01. The summed E-state index contributed by atoms with van der Waals surface area (Å²) in [6.45, 7) is 14.3. The summed E-state index contributed by atoms with van der Waals surface area (Å²) in [5.74, 6) is 1.37. The van der Waals surface area contributed by atoms with Gasteiger partial charge in [0.05, 0.1) is 11.2 Å². The number of hydrogen-bond acceptors (Lipinski definition) is 3. The highest BCUT2D eigenvalue weighted by Gasteiger charge is 2.52. The highest BCUT2D eigenvalue weighted by molar-refractivity contribution is 5.04. The molecule has 3 heteroatoms. The second-order valence-electron chi connectivity index (χ2n) is 7.24. The van der Waals surface area contributed by atoms with Crippen LogP contribution in [0, 0.1) is 11.8 Å². The van der Waals surface area contributed by atoms with Gasteiger partial charge in [0.15, 0.2) is 0 Å². The van der Waals surface area contributed by atoms with Crippen LogP contribution < -0.4 is 5.73 Å². The number of nitrogens with zero attached hydrogens (tertiary/aromatic N) is 1. The Kier molecular flexibility index (Phi) is 3.79. The normalized spacial score (nSPS) is 34.2. The zero-order valence-corrected chi connectivity index (χ0v) is 12.7. The van der Waals surface area contributed by atoms with E-state index in [0.29, 0.717) is 5.92 Å². The highest BCUT2D eigenvalue weighted by Crippen LogP contribution is 2.42. The van der Waals surface area contributed by atoms with E-state index in [4.69, 9.17) is 10.5 Å². The molecule has 0 spiro atoms. The molecule has 2 rings (SSSR count). The van der Waals surface area contributed by atoms with Crippen LogP contribution in [0.1, 0.15) is 47.5 Å². The molecule has 2 fully saturated rings. The van der Waals surface area contributed by atoms with Crippen molar-refractivity contribution in [3.8, 4) is 0 Å². The van der Waals surface area contributed by atoms with Crippen LogP contribution in [0.2, 0.25) is 0 Å². The van der Waals surface area contributed by atoms with Gasteiger partial charge in [-0.1, -0.05) is 6.92 Å². The van der Waals surface area contributed by atoms with Crippen molar-refractivity contribution in [3.63, 3.8) is 0 Å². The summed E-state index contributed by atoms with van der Waals surface area (Å²) in [4.78, 5) is 2.56. The SMILES string of the molecule is CCN(CC1CC1)CC1C(N)C(C)(C)OC1(C)C. The molecule has 1 heterocycles. The second-order valence-corrected chi connectivity index (χ2v) is 7.24. The van der Waals surface area contributed by atoms with Gasteiger partial charge >= 0.3 is 0 Å². The Bertz CT molecular complexity index is 297. The first-order valence-corrected chi connectivity index (χ1v) is 7.44. The zero-order valence-electron chi connectivity index (χ0n) is 12.7. The van der Waals surface area contributed by atoms with Crippen LogP contribution in [0.3, 0.4) is 0 Å². The summed E-state index contributed by atoms with van der Waals surface area (Å²) in [6.07, 6.45) is 2.83. The minimum Gasteiger partial charge on any atom is -0.368 e.